The fourth-order valence-corrected chi connectivity index (χ4v) is 2.38. The van der Waals surface area contributed by atoms with Crippen LogP contribution in [0, 0.1) is 0 Å². The molecule has 0 unspecified atom stereocenters. The van der Waals surface area contributed by atoms with Gasteiger partial charge in [0.05, 0.1) is 17.2 Å². The first-order valence-electron chi connectivity index (χ1n) is 5.65. The van der Waals surface area contributed by atoms with Gasteiger partial charge in [0.25, 0.3) is 0 Å². The largest absolute Gasteiger partial charge is 0.325 e. The number of benzene rings is 1. The molecule has 4 N–H and O–H groups in total. The maximum absolute atomic E-state index is 11.2. The van der Waals surface area contributed by atoms with Gasteiger partial charge in [-0.1, -0.05) is 6.07 Å². The Kier molecular flexibility index (Phi) is 3.71. The van der Waals surface area contributed by atoms with Crippen LogP contribution in [0.2, 0.25) is 0 Å². The Balaban J connectivity index is 2.22. The molecule has 0 aliphatic heterocycles. The molecule has 8 heteroatoms. The van der Waals surface area contributed by atoms with Crippen LogP contribution in [-0.4, -0.2) is 25.9 Å². The Morgan fingerprint density at radius 3 is 2.32 bits per heavy atom. The maximum Gasteiger partial charge on any atom is 0.325 e. The standard InChI is InChI=1S/C11H13N2O5P/c14-10-11(15)13-9-6-7(3-4-8(9)12-10)2-1-5-19(16,17)18/h3-4,6H,1-2,5H2,(H,12,14)(H,13,15)(H2,16,17,18). The molecule has 0 amide bonds. The second-order valence-electron chi connectivity index (χ2n) is 4.28. The van der Waals surface area contributed by atoms with Crippen LogP contribution in [0.1, 0.15) is 12.0 Å². The van der Waals surface area contributed by atoms with Crippen molar-refractivity contribution in [3.63, 3.8) is 0 Å². The lowest BCUT2D eigenvalue weighted by molar-refractivity contribution is 0.371. The van der Waals surface area contributed by atoms with Crippen LogP contribution in [0.15, 0.2) is 27.8 Å². The van der Waals surface area contributed by atoms with Crippen molar-refractivity contribution in [2.45, 2.75) is 12.8 Å². The third-order valence-electron chi connectivity index (χ3n) is 2.70. The molecule has 102 valence electrons. The molecule has 0 aliphatic carbocycles. The number of fused-ring (bicyclic) bond motifs is 1. The lowest BCUT2D eigenvalue weighted by atomic mass is 10.1. The summed E-state index contributed by atoms with van der Waals surface area (Å²) in [5.41, 5.74) is 0.423. The minimum Gasteiger partial charge on any atom is -0.324 e. The maximum atomic E-state index is 11.2. The minimum atomic E-state index is -3.97. The highest BCUT2D eigenvalue weighted by Gasteiger charge is 2.11. The average molecular weight is 284 g/mol. The molecule has 0 radical (unpaired) electrons. The Morgan fingerprint density at radius 1 is 1.05 bits per heavy atom. The molecule has 0 spiro atoms. The first-order chi connectivity index (χ1) is 8.85. The van der Waals surface area contributed by atoms with Crippen molar-refractivity contribution in [1.82, 2.24) is 9.97 Å². The summed E-state index contributed by atoms with van der Waals surface area (Å²) in [4.78, 5) is 44.7. The lowest BCUT2D eigenvalue weighted by Gasteiger charge is -2.05. The monoisotopic (exact) mass is 284 g/mol. The molecule has 19 heavy (non-hydrogen) atoms. The van der Waals surface area contributed by atoms with E-state index < -0.39 is 18.7 Å². The number of aromatic amines is 2. The van der Waals surface area contributed by atoms with E-state index in [0.717, 1.165) is 5.56 Å². The van der Waals surface area contributed by atoms with Crippen LogP contribution in [0.5, 0.6) is 0 Å². The summed E-state index contributed by atoms with van der Waals surface area (Å²) >= 11 is 0. The molecule has 0 saturated carbocycles. The number of aromatic nitrogens is 2. The number of H-pyrrole nitrogens is 2. The van der Waals surface area contributed by atoms with Crippen molar-refractivity contribution >= 4 is 18.6 Å². The van der Waals surface area contributed by atoms with E-state index in [-0.39, 0.29) is 6.16 Å². The highest BCUT2D eigenvalue weighted by Crippen LogP contribution is 2.35. The Hall–Kier alpha value is -1.69. The van der Waals surface area contributed by atoms with E-state index >= 15 is 0 Å². The molecule has 0 bridgehead atoms. The molecule has 0 saturated heterocycles. The van der Waals surface area contributed by atoms with E-state index in [1.807, 2.05) is 0 Å². The van der Waals surface area contributed by atoms with Gasteiger partial charge in [-0.3, -0.25) is 14.2 Å². The summed E-state index contributed by atoms with van der Waals surface area (Å²) in [6.07, 6.45) is 0.665. The van der Waals surface area contributed by atoms with E-state index in [0.29, 0.717) is 23.9 Å². The summed E-state index contributed by atoms with van der Waals surface area (Å²) < 4.78 is 10.7. The van der Waals surface area contributed by atoms with Crippen molar-refractivity contribution in [3.8, 4) is 0 Å². The van der Waals surface area contributed by atoms with Gasteiger partial charge in [0.2, 0.25) is 0 Å². The predicted octanol–water partition coefficient (Wildman–Crippen LogP) is 0.327. The second-order valence-corrected chi connectivity index (χ2v) is 6.06. The normalized spacial score (nSPS) is 11.9. The molecular weight excluding hydrogens is 271 g/mol. The number of rotatable bonds is 4. The minimum absolute atomic E-state index is 0.173. The van der Waals surface area contributed by atoms with Crippen molar-refractivity contribution in [1.29, 1.82) is 0 Å². The number of aryl methyl sites for hydroxylation is 1. The van der Waals surface area contributed by atoms with Crippen molar-refractivity contribution < 1.29 is 14.4 Å². The van der Waals surface area contributed by atoms with E-state index in [9.17, 15) is 14.2 Å². The van der Waals surface area contributed by atoms with E-state index in [2.05, 4.69) is 9.97 Å². The van der Waals surface area contributed by atoms with Gasteiger partial charge in [-0.15, -0.1) is 0 Å². The number of hydrogen-bond acceptors (Lipinski definition) is 3. The molecule has 0 aliphatic rings. The van der Waals surface area contributed by atoms with Gasteiger partial charge < -0.3 is 19.8 Å². The smallest absolute Gasteiger partial charge is 0.324 e. The second kappa shape index (κ2) is 5.13. The van der Waals surface area contributed by atoms with Gasteiger partial charge in [-0.25, -0.2) is 0 Å². The topological polar surface area (TPSA) is 123 Å². The first-order valence-corrected chi connectivity index (χ1v) is 7.45. The highest BCUT2D eigenvalue weighted by molar-refractivity contribution is 7.51. The van der Waals surface area contributed by atoms with Gasteiger partial charge in [0.15, 0.2) is 0 Å². The molecule has 0 atom stereocenters. The molecule has 2 aromatic rings. The molecule has 7 nitrogen and oxygen atoms in total. The van der Waals surface area contributed by atoms with Crippen molar-refractivity contribution in [2.24, 2.45) is 0 Å². The summed E-state index contributed by atoms with van der Waals surface area (Å²) in [5, 5.41) is 0. The molecule has 1 aromatic carbocycles. The van der Waals surface area contributed by atoms with Crippen LogP contribution < -0.4 is 11.1 Å². The number of hydrogen-bond donors (Lipinski definition) is 4. The SMILES string of the molecule is O=c1[nH]c2ccc(CCCP(=O)(O)O)cc2[nH]c1=O. The Bertz CT molecular complexity index is 758. The van der Waals surface area contributed by atoms with Crippen LogP contribution in [-0.2, 0) is 11.0 Å². The highest BCUT2D eigenvalue weighted by atomic mass is 31.2. The van der Waals surface area contributed by atoms with Gasteiger partial charge in [0.1, 0.15) is 0 Å². The zero-order valence-electron chi connectivity index (χ0n) is 9.92. The molecule has 1 aromatic heterocycles. The number of nitrogens with one attached hydrogen (secondary N) is 2. The summed E-state index contributed by atoms with van der Waals surface area (Å²) in [6, 6.07) is 5.09. The van der Waals surface area contributed by atoms with Gasteiger partial charge in [-0.05, 0) is 30.5 Å². The van der Waals surface area contributed by atoms with E-state index in [4.69, 9.17) is 9.79 Å². The summed E-state index contributed by atoms with van der Waals surface area (Å²) in [7, 11) is -3.97. The molecule has 0 fully saturated rings. The van der Waals surface area contributed by atoms with Crippen LogP contribution in [0.3, 0.4) is 0 Å². The first kappa shape index (κ1) is 13.7. The third-order valence-corrected chi connectivity index (χ3v) is 3.60. The van der Waals surface area contributed by atoms with Gasteiger partial charge in [-0.2, -0.15) is 0 Å². The average Bonchev–Trinajstić information content (AvgIpc) is 2.29. The Morgan fingerprint density at radius 2 is 1.68 bits per heavy atom. The van der Waals surface area contributed by atoms with Crippen LogP contribution in [0.4, 0.5) is 0 Å². The van der Waals surface area contributed by atoms with Gasteiger partial charge >= 0.3 is 18.7 Å². The lowest BCUT2D eigenvalue weighted by Crippen LogP contribution is -2.28. The summed E-state index contributed by atoms with van der Waals surface area (Å²) in [5.74, 6) is 0. The van der Waals surface area contributed by atoms with E-state index in [1.165, 1.54) is 0 Å². The van der Waals surface area contributed by atoms with Crippen molar-refractivity contribution in [2.75, 3.05) is 6.16 Å². The van der Waals surface area contributed by atoms with Gasteiger partial charge in [0, 0.05) is 0 Å². The summed E-state index contributed by atoms with van der Waals surface area (Å²) in [6.45, 7) is 0. The quantitative estimate of drug-likeness (QED) is 0.476. The zero-order valence-corrected chi connectivity index (χ0v) is 10.8. The Labute approximate surface area is 107 Å². The zero-order chi connectivity index (χ0) is 14.0. The van der Waals surface area contributed by atoms with Crippen molar-refractivity contribution in [3.05, 3.63) is 44.5 Å². The van der Waals surface area contributed by atoms with E-state index in [1.54, 1.807) is 18.2 Å². The molecule has 1 heterocycles. The molecule has 2 rings (SSSR count). The molecular formula is C11H13N2O5P. The predicted molar refractivity (Wildman–Crippen MR) is 70.4 cm³/mol. The van der Waals surface area contributed by atoms with Crippen LogP contribution >= 0.6 is 7.60 Å². The van der Waals surface area contributed by atoms with Crippen LogP contribution in [0.25, 0.3) is 11.0 Å². The fourth-order valence-electron chi connectivity index (χ4n) is 1.81. The fraction of sp³-hybridized carbons (Fsp3) is 0.273. The third kappa shape index (κ3) is 3.64.